The number of ether oxygens (including phenoxy) is 4. The van der Waals surface area contributed by atoms with Crippen molar-refractivity contribution in [3.8, 4) is 23.0 Å². The maximum atomic E-state index is 13.6. The lowest BCUT2D eigenvalue weighted by Gasteiger charge is -2.13. The zero-order valence-electron chi connectivity index (χ0n) is 59.7. The first-order valence-corrected chi connectivity index (χ1v) is 30.4. The molecule has 0 amide bonds. The molecule has 0 saturated carbocycles. The van der Waals surface area contributed by atoms with Crippen molar-refractivity contribution < 1.29 is 63.9 Å². The van der Waals surface area contributed by atoms with E-state index in [4.69, 9.17) is 24.4 Å². The van der Waals surface area contributed by atoms with Crippen molar-refractivity contribution in [2.75, 3.05) is 27.9 Å². The summed E-state index contributed by atoms with van der Waals surface area (Å²) in [5.74, 6) is -0.0884. The summed E-state index contributed by atoms with van der Waals surface area (Å²) in [7, 11) is 4.47. The summed E-state index contributed by atoms with van der Waals surface area (Å²) < 4.78 is 171. The molecule has 4 nitrogen and oxygen atoms in total. The first-order valence-electron chi connectivity index (χ1n) is 32.6. The summed E-state index contributed by atoms with van der Waals surface area (Å²) in [5, 5.41) is 0. The Hall–Kier alpha value is -6.89. The molecule has 492 valence electrons. The minimum absolute atomic E-state index is 0.00231. The van der Waals surface area contributed by atoms with Crippen LogP contribution in [0.5, 0.6) is 23.0 Å². The molecule has 0 radical (unpaired) electrons. The van der Waals surface area contributed by atoms with Crippen molar-refractivity contribution >= 4 is 0 Å². The van der Waals surface area contributed by atoms with Crippen molar-refractivity contribution in [1.29, 1.82) is 0 Å². The number of hydrogen-bond donors (Lipinski definition) is 0. The van der Waals surface area contributed by atoms with Gasteiger partial charge in [-0.15, -0.1) is 0 Å². The second-order valence-electron chi connectivity index (χ2n) is 23.6. The number of methoxy groups -OCH3 is 3. The average molecular weight is 1250 g/mol. The van der Waals surface area contributed by atoms with Crippen LogP contribution in [0.15, 0.2) is 133 Å². The van der Waals surface area contributed by atoms with Gasteiger partial charge >= 0.3 is 0 Å². The summed E-state index contributed by atoms with van der Waals surface area (Å²) in [4.78, 5) is 0. The van der Waals surface area contributed by atoms with Gasteiger partial charge in [-0.3, -0.25) is 0 Å². The van der Waals surface area contributed by atoms with Gasteiger partial charge in [0.2, 0.25) is 0 Å². The van der Waals surface area contributed by atoms with Crippen molar-refractivity contribution in [3.05, 3.63) is 225 Å². The molecule has 7 rings (SSSR count). The fourth-order valence-corrected chi connectivity index (χ4v) is 8.37. The Labute approximate surface area is 534 Å². The van der Waals surface area contributed by atoms with E-state index < -0.39 is 48.3 Å². The third kappa shape index (κ3) is 31.9. The molecule has 0 heterocycles. The van der Waals surface area contributed by atoms with Crippen LogP contribution < -0.4 is 18.9 Å². The summed E-state index contributed by atoms with van der Waals surface area (Å²) in [6.45, 7) is 29.8. The standard InChI is InChI=1S/C13H19FO.3C11H15FO.2C10H12F2.C10H13F/c1-4-8-15-13-7-5-6-12(14)11(13)9-10(2)3;3*1-8(2)7-9-10(12)5-4-6-11(9)13-3;2*1-7(2)6-8-9(11)4-3-5-10(8)12;1-8(2)7-9-5-3-4-6-10(9)11/h5-7,10H,4,8-9H2,1-3H3;3*4-6,8H,7H2,1-3H3;2*3-5,7H,6H2,1-2H3;3-6,8H,7H2,1-2H3/i;7D2;7D;;6D;;. The van der Waals surface area contributed by atoms with E-state index in [1.165, 1.54) is 87.0 Å². The highest BCUT2D eigenvalue weighted by molar-refractivity contribution is 5.37. The fourth-order valence-electron chi connectivity index (χ4n) is 8.37. The van der Waals surface area contributed by atoms with Gasteiger partial charge in [0.05, 0.1) is 27.9 Å². The van der Waals surface area contributed by atoms with E-state index in [0.717, 1.165) is 31.2 Å². The van der Waals surface area contributed by atoms with Crippen molar-refractivity contribution in [2.45, 2.75) is 155 Å². The second kappa shape index (κ2) is 43.7. The van der Waals surface area contributed by atoms with Crippen LogP contribution in [0.1, 0.15) is 155 Å². The smallest absolute Gasteiger partial charge is 0.130 e. The molecule has 7 aromatic rings. The predicted molar refractivity (Wildman–Crippen MR) is 350 cm³/mol. The Morgan fingerprint density at radius 1 is 0.303 bits per heavy atom. The van der Waals surface area contributed by atoms with Crippen LogP contribution in [0, 0.1) is 93.8 Å². The quantitative estimate of drug-likeness (QED) is 0.0713. The Morgan fingerprint density at radius 2 is 0.596 bits per heavy atom. The summed E-state index contributed by atoms with van der Waals surface area (Å²) in [6.07, 6.45) is 0.536. The predicted octanol–water partition coefficient (Wildman–Crippen LogP) is 22.3. The van der Waals surface area contributed by atoms with Gasteiger partial charge in [0.15, 0.2) is 0 Å². The Kier molecular flexibility index (Phi) is 35.8. The average Bonchev–Trinajstić information content (AvgIpc) is 0.875. The van der Waals surface area contributed by atoms with Crippen molar-refractivity contribution in [1.82, 2.24) is 0 Å². The maximum absolute atomic E-state index is 13.6. The third-order valence-electron chi connectivity index (χ3n) is 12.2. The Bertz CT molecular complexity index is 3210. The molecule has 0 aliphatic rings. The lowest BCUT2D eigenvalue weighted by atomic mass is 10.0. The molecule has 0 N–H and O–H groups in total. The molecule has 0 spiro atoms. The van der Waals surface area contributed by atoms with Gasteiger partial charge in [-0.05, 0) is 177 Å². The molecular formula is C76H101F9O4. The molecule has 0 fully saturated rings. The van der Waals surface area contributed by atoms with Crippen LogP contribution in [0.4, 0.5) is 39.5 Å². The van der Waals surface area contributed by atoms with Gasteiger partial charge in [0.1, 0.15) is 75.4 Å². The minimum Gasteiger partial charge on any atom is -0.496 e. The van der Waals surface area contributed by atoms with Gasteiger partial charge in [0, 0.05) is 38.9 Å². The molecular weight excluding hydrogens is 1150 g/mol. The number of benzene rings is 7. The topological polar surface area (TPSA) is 36.9 Å². The highest BCUT2D eigenvalue weighted by Gasteiger charge is 2.15. The molecule has 0 aliphatic heterocycles. The Balaban J connectivity index is 0.000000544. The first kappa shape index (κ1) is 72.9. The van der Waals surface area contributed by atoms with E-state index in [1.54, 1.807) is 77.3 Å². The van der Waals surface area contributed by atoms with Crippen LogP contribution >= 0.6 is 0 Å². The largest absolute Gasteiger partial charge is 0.496 e. The van der Waals surface area contributed by atoms with E-state index in [9.17, 15) is 39.5 Å². The van der Waals surface area contributed by atoms with Gasteiger partial charge in [-0.2, -0.15) is 0 Å². The zero-order valence-corrected chi connectivity index (χ0v) is 55.7. The summed E-state index contributed by atoms with van der Waals surface area (Å²) >= 11 is 0. The molecule has 7 aromatic carbocycles. The van der Waals surface area contributed by atoms with Gasteiger partial charge in [-0.25, -0.2) is 39.5 Å². The monoisotopic (exact) mass is 1250 g/mol. The normalized spacial score (nSPS) is 12.2. The number of hydrogen-bond acceptors (Lipinski definition) is 4. The lowest BCUT2D eigenvalue weighted by molar-refractivity contribution is 0.310. The Morgan fingerprint density at radius 3 is 0.966 bits per heavy atom. The summed E-state index contributed by atoms with van der Waals surface area (Å²) in [5.41, 5.74) is 2.64. The molecule has 0 bridgehead atoms. The van der Waals surface area contributed by atoms with Crippen LogP contribution in [0.3, 0.4) is 0 Å². The van der Waals surface area contributed by atoms with E-state index in [0.29, 0.717) is 64.7 Å². The highest BCUT2D eigenvalue weighted by atomic mass is 19.2. The van der Waals surface area contributed by atoms with E-state index in [1.807, 2.05) is 52.8 Å². The number of halogens is 9. The molecule has 0 saturated heterocycles. The van der Waals surface area contributed by atoms with Gasteiger partial charge in [0.25, 0.3) is 0 Å². The highest BCUT2D eigenvalue weighted by Crippen LogP contribution is 2.28. The molecule has 89 heavy (non-hydrogen) atoms. The van der Waals surface area contributed by atoms with Crippen LogP contribution in [-0.4, -0.2) is 27.9 Å². The van der Waals surface area contributed by atoms with Crippen LogP contribution in [0.2, 0.25) is 0 Å². The van der Waals surface area contributed by atoms with Crippen LogP contribution in [0.25, 0.3) is 0 Å². The molecule has 0 aliphatic carbocycles. The first-order chi connectivity index (χ1) is 43.6. The lowest BCUT2D eigenvalue weighted by Crippen LogP contribution is -2.04. The van der Waals surface area contributed by atoms with E-state index >= 15 is 0 Å². The van der Waals surface area contributed by atoms with Crippen molar-refractivity contribution in [2.24, 2.45) is 41.4 Å². The number of rotatable bonds is 20. The fraction of sp³-hybridized carbons (Fsp3) is 0.447. The molecule has 2 unspecified atom stereocenters. The summed E-state index contributed by atoms with van der Waals surface area (Å²) in [6, 6.07) is 33.5. The van der Waals surface area contributed by atoms with E-state index in [-0.39, 0.29) is 69.4 Å². The van der Waals surface area contributed by atoms with Gasteiger partial charge in [-0.1, -0.05) is 158 Å². The molecule has 2 atom stereocenters. The van der Waals surface area contributed by atoms with Gasteiger partial charge < -0.3 is 18.9 Å². The maximum Gasteiger partial charge on any atom is 0.130 e. The molecule has 13 heteroatoms. The second-order valence-corrected chi connectivity index (χ2v) is 23.6. The SMILES string of the molecule is CC(C)Cc1c(F)cccc1F.CC(C)Cc1ccccc1F.CCCOc1cccc(F)c1CC(C)C.COc1cccc(F)c1CC(C)C.[2H]C([2H])(c1c(F)cccc1OC)C(C)C.[2H]C(c1c(F)cccc1F)C(C)C.[2H]C(c1c(F)cccc1OC)C(C)C. The van der Waals surface area contributed by atoms with Crippen molar-refractivity contribution in [3.63, 3.8) is 0 Å². The van der Waals surface area contributed by atoms with E-state index in [2.05, 4.69) is 41.5 Å². The van der Waals surface area contributed by atoms with Crippen LogP contribution in [-0.2, 0) is 44.8 Å². The molecule has 0 aromatic heterocycles. The minimum atomic E-state index is -1.73. The third-order valence-corrected chi connectivity index (χ3v) is 12.2. The zero-order chi connectivity index (χ0) is 70.9.